The highest BCUT2D eigenvalue weighted by Gasteiger charge is 2.18. The van der Waals surface area contributed by atoms with Crippen LogP contribution < -0.4 is 9.62 Å². The van der Waals surface area contributed by atoms with Crippen molar-refractivity contribution in [3.05, 3.63) is 36.4 Å². The molecule has 6 nitrogen and oxygen atoms in total. The Balaban J connectivity index is 1.57. The molecule has 0 atom stereocenters. The highest BCUT2D eigenvalue weighted by molar-refractivity contribution is 7.99. The quantitative estimate of drug-likeness (QED) is 0.589. The molecule has 0 amide bonds. The zero-order valence-electron chi connectivity index (χ0n) is 19.1. The Morgan fingerprint density at radius 3 is 2.31 bits per heavy atom. The third-order valence-corrected chi connectivity index (χ3v) is 8.79. The molecule has 1 heterocycles. The van der Waals surface area contributed by atoms with Gasteiger partial charge in [0, 0.05) is 73.2 Å². The highest BCUT2D eigenvalue weighted by Crippen LogP contribution is 2.30. The summed E-state index contributed by atoms with van der Waals surface area (Å²) in [5.74, 6) is 4.26. The third kappa shape index (κ3) is 7.53. The number of thioether (sulfide) groups is 2. The summed E-state index contributed by atoms with van der Waals surface area (Å²) in [7, 11) is 0.364. The van der Waals surface area contributed by atoms with Crippen molar-refractivity contribution in [1.82, 2.24) is 9.62 Å². The van der Waals surface area contributed by atoms with Crippen molar-refractivity contribution in [3.63, 3.8) is 0 Å². The zero-order chi connectivity index (χ0) is 22.8. The molecule has 178 valence electrons. The van der Waals surface area contributed by atoms with Crippen molar-refractivity contribution < 1.29 is 13.2 Å². The van der Waals surface area contributed by atoms with Crippen LogP contribution in [0.4, 0.5) is 5.69 Å². The second-order valence-corrected chi connectivity index (χ2v) is 12.1. The van der Waals surface area contributed by atoms with Gasteiger partial charge in [-0.2, -0.15) is 23.5 Å². The molecule has 0 aliphatic carbocycles. The molecule has 1 N–H and O–H groups in total. The van der Waals surface area contributed by atoms with Crippen LogP contribution in [0.5, 0.6) is 0 Å². The average molecular weight is 498 g/mol. The van der Waals surface area contributed by atoms with Crippen LogP contribution >= 0.6 is 23.5 Å². The van der Waals surface area contributed by atoms with E-state index in [0.29, 0.717) is 11.4 Å². The second kappa shape index (κ2) is 13.1. The van der Waals surface area contributed by atoms with Crippen LogP contribution in [0.3, 0.4) is 0 Å². The molecule has 0 aromatic heterocycles. The van der Waals surface area contributed by atoms with E-state index in [1.54, 1.807) is 6.07 Å². The maximum atomic E-state index is 13.1. The Morgan fingerprint density at radius 2 is 1.62 bits per heavy atom. The predicted molar refractivity (Wildman–Crippen MR) is 140 cm³/mol. The van der Waals surface area contributed by atoms with E-state index in [4.69, 9.17) is 4.74 Å². The summed E-state index contributed by atoms with van der Waals surface area (Å²) in [6, 6.07) is 11.3. The van der Waals surface area contributed by atoms with Crippen molar-refractivity contribution >= 4 is 50.0 Å². The van der Waals surface area contributed by atoms with Crippen molar-refractivity contribution in [2.24, 2.45) is 0 Å². The lowest BCUT2D eigenvalue weighted by Gasteiger charge is -2.22. The van der Waals surface area contributed by atoms with Crippen molar-refractivity contribution in [3.8, 4) is 0 Å². The first-order chi connectivity index (χ1) is 15.5. The van der Waals surface area contributed by atoms with Crippen molar-refractivity contribution in [2.75, 3.05) is 81.4 Å². The molecule has 0 saturated carbocycles. The van der Waals surface area contributed by atoms with Gasteiger partial charge < -0.3 is 14.5 Å². The molecule has 2 aromatic rings. The SMILES string of the molecule is CN(C)c1cccc2c(S(=O)(=O)NCCCN3CCSCCOCCSCC3)cccc12. The molecule has 0 bridgehead atoms. The summed E-state index contributed by atoms with van der Waals surface area (Å²) in [4.78, 5) is 4.81. The molecule has 0 radical (unpaired) electrons. The average Bonchev–Trinajstić information content (AvgIpc) is 2.77. The van der Waals surface area contributed by atoms with E-state index >= 15 is 0 Å². The molecule has 1 aliphatic rings. The number of ether oxygens (including phenoxy) is 1. The van der Waals surface area contributed by atoms with E-state index < -0.39 is 10.0 Å². The fourth-order valence-corrected chi connectivity index (χ4v) is 6.69. The Bertz CT molecular complexity index is 942. The number of nitrogens with zero attached hydrogens (tertiary/aromatic N) is 2. The highest BCUT2D eigenvalue weighted by atomic mass is 32.2. The molecule has 1 aliphatic heterocycles. The predicted octanol–water partition coefficient (Wildman–Crippen LogP) is 3.37. The monoisotopic (exact) mass is 497 g/mol. The largest absolute Gasteiger partial charge is 0.380 e. The molecule has 9 heteroatoms. The van der Waals surface area contributed by atoms with Crippen LogP contribution in [0, 0.1) is 0 Å². The van der Waals surface area contributed by atoms with Crippen LogP contribution in [0.15, 0.2) is 41.3 Å². The van der Waals surface area contributed by atoms with Gasteiger partial charge in [-0.15, -0.1) is 0 Å². The van der Waals surface area contributed by atoms with Crippen LogP contribution in [0.2, 0.25) is 0 Å². The lowest BCUT2D eigenvalue weighted by Crippen LogP contribution is -2.33. The number of anilines is 1. The van der Waals surface area contributed by atoms with Gasteiger partial charge in [-0.3, -0.25) is 0 Å². The number of hydrogen-bond acceptors (Lipinski definition) is 7. The Hall–Kier alpha value is -0.970. The Morgan fingerprint density at radius 1 is 0.969 bits per heavy atom. The van der Waals surface area contributed by atoms with Crippen LogP contribution in [-0.4, -0.2) is 89.8 Å². The first-order valence-corrected chi connectivity index (χ1v) is 14.9. The minimum absolute atomic E-state index is 0.347. The summed E-state index contributed by atoms with van der Waals surface area (Å²) in [6.45, 7) is 5.08. The van der Waals surface area contributed by atoms with Crippen LogP contribution in [0.1, 0.15) is 6.42 Å². The van der Waals surface area contributed by atoms with Crippen molar-refractivity contribution in [2.45, 2.75) is 11.3 Å². The summed E-state index contributed by atoms with van der Waals surface area (Å²) >= 11 is 3.86. The van der Waals surface area contributed by atoms with Crippen LogP contribution in [0.25, 0.3) is 10.8 Å². The number of sulfonamides is 1. The third-order valence-electron chi connectivity index (χ3n) is 5.42. The van der Waals surface area contributed by atoms with Gasteiger partial charge in [0.1, 0.15) is 0 Å². The van der Waals surface area contributed by atoms with Gasteiger partial charge in [-0.25, -0.2) is 13.1 Å². The molecule has 0 spiro atoms. The van der Waals surface area contributed by atoms with E-state index in [2.05, 4.69) is 9.62 Å². The van der Waals surface area contributed by atoms with E-state index in [9.17, 15) is 8.42 Å². The van der Waals surface area contributed by atoms with Gasteiger partial charge >= 0.3 is 0 Å². The minimum atomic E-state index is -3.57. The van der Waals surface area contributed by atoms with Crippen LogP contribution in [-0.2, 0) is 14.8 Å². The molecular weight excluding hydrogens is 462 g/mol. The van der Waals surface area contributed by atoms with E-state index in [1.807, 2.05) is 72.9 Å². The lowest BCUT2D eigenvalue weighted by atomic mass is 10.1. The standard InChI is InChI=1S/C23H35N3O3S3/c1-25(2)22-8-3-7-21-20(22)6-4-9-23(21)32(27,28)24-10-5-11-26-12-16-30-18-14-29-15-19-31-17-13-26/h3-4,6-9,24H,5,10-19H2,1-2H3. The number of hydrogen-bond donors (Lipinski definition) is 1. The first-order valence-electron chi connectivity index (χ1n) is 11.1. The molecule has 1 fully saturated rings. The van der Waals surface area contributed by atoms with E-state index in [1.165, 1.54) is 0 Å². The van der Waals surface area contributed by atoms with Gasteiger partial charge in [-0.1, -0.05) is 24.3 Å². The smallest absolute Gasteiger partial charge is 0.241 e. The summed E-state index contributed by atoms with van der Waals surface area (Å²) in [6.07, 6.45) is 0.797. The molecule has 1 saturated heterocycles. The van der Waals surface area contributed by atoms with E-state index in [-0.39, 0.29) is 0 Å². The number of rotatable bonds is 7. The minimum Gasteiger partial charge on any atom is -0.380 e. The Kier molecular flexibility index (Phi) is 10.5. The molecule has 3 rings (SSSR count). The number of fused-ring (bicyclic) bond motifs is 1. The summed E-state index contributed by atoms with van der Waals surface area (Å²) in [5.41, 5.74) is 1.01. The fraction of sp³-hybridized carbons (Fsp3) is 0.565. The normalized spacial score (nSPS) is 17.6. The molecular formula is C23H35N3O3S3. The Labute approximate surface area is 201 Å². The molecule has 0 unspecified atom stereocenters. The van der Waals surface area contributed by atoms with Gasteiger partial charge in [0.05, 0.1) is 18.1 Å². The van der Waals surface area contributed by atoms with Gasteiger partial charge in [0.25, 0.3) is 0 Å². The molecule has 2 aromatic carbocycles. The number of nitrogens with one attached hydrogen (secondary N) is 1. The fourth-order valence-electron chi connectivity index (χ4n) is 3.74. The van der Waals surface area contributed by atoms with Gasteiger partial charge in [0.15, 0.2) is 0 Å². The van der Waals surface area contributed by atoms with E-state index in [0.717, 1.165) is 78.7 Å². The molecule has 32 heavy (non-hydrogen) atoms. The number of benzene rings is 2. The first kappa shape index (κ1) is 25.6. The maximum absolute atomic E-state index is 13.1. The lowest BCUT2D eigenvalue weighted by molar-refractivity contribution is 0.167. The second-order valence-electron chi connectivity index (χ2n) is 7.95. The van der Waals surface area contributed by atoms with Gasteiger partial charge in [-0.05, 0) is 25.1 Å². The maximum Gasteiger partial charge on any atom is 0.241 e. The summed E-state index contributed by atoms with van der Waals surface area (Å²) in [5, 5.41) is 1.70. The summed E-state index contributed by atoms with van der Waals surface area (Å²) < 4.78 is 34.6. The topological polar surface area (TPSA) is 61.9 Å². The zero-order valence-corrected chi connectivity index (χ0v) is 21.5. The van der Waals surface area contributed by atoms with Gasteiger partial charge in [0.2, 0.25) is 10.0 Å². The van der Waals surface area contributed by atoms with Crippen molar-refractivity contribution in [1.29, 1.82) is 0 Å².